The van der Waals surface area contributed by atoms with Gasteiger partial charge in [-0.3, -0.25) is 4.79 Å². The van der Waals surface area contributed by atoms with E-state index >= 15 is 0 Å². The molecule has 0 bridgehead atoms. The second-order valence-corrected chi connectivity index (χ2v) is 5.64. The number of ether oxygens (including phenoxy) is 1. The summed E-state index contributed by atoms with van der Waals surface area (Å²) >= 11 is 6.18. The predicted molar refractivity (Wildman–Crippen MR) is 83.1 cm³/mol. The van der Waals surface area contributed by atoms with Crippen LogP contribution in [0, 0.1) is 0 Å². The maximum atomic E-state index is 11.6. The van der Waals surface area contributed by atoms with E-state index < -0.39 is 0 Å². The molecule has 0 saturated heterocycles. The third kappa shape index (κ3) is 2.38. The Hall–Kier alpha value is -2.00. The summed E-state index contributed by atoms with van der Waals surface area (Å²) in [7, 11) is 1.61. The van der Waals surface area contributed by atoms with Crippen molar-refractivity contribution in [1.82, 2.24) is 0 Å². The van der Waals surface area contributed by atoms with Crippen molar-refractivity contribution in [3.05, 3.63) is 63.7 Å². The lowest BCUT2D eigenvalue weighted by atomic mass is 9.89. The molecule has 2 aromatic carbocycles. The van der Waals surface area contributed by atoms with Gasteiger partial charge < -0.3 is 10.5 Å². The second-order valence-electron chi connectivity index (χ2n) is 5.23. The minimum atomic E-state index is -0.389. The number of amides is 1. The van der Waals surface area contributed by atoms with Gasteiger partial charge >= 0.3 is 0 Å². The Bertz CT molecular complexity index is 712. The molecule has 0 heterocycles. The van der Waals surface area contributed by atoms with E-state index in [4.69, 9.17) is 22.1 Å². The van der Waals surface area contributed by atoms with Crippen LogP contribution >= 0.6 is 11.6 Å². The summed E-state index contributed by atoms with van der Waals surface area (Å²) in [6, 6.07) is 11.5. The van der Waals surface area contributed by atoms with Crippen LogP contribution in [0.3, 0.4) is 0 Å². The van der Waals surface area contributed by atoms with Crippen LogP contribution in [0.5, 0.6) is 5.75 Å². The molecule has 0 aromatic heterocycles. The molecule has 0 radical (unpaired) electrons. The second kappa shape index (κ2) is 5.41. The zero-order valence-electron chi connectivity index (χ0n) is 11.7. The third-order valence-corrected chi connectivity index (χ3v) is 4.39. The molecule has 0 spiro atoms. The molecule has 2 aromatic rings. The number of primary amides is 1. The van der Waals surface area contributed by atoms with Crippen LogP contribution < -0.4 is 10.5 Å². The van der Waals surface area contributed by atoms with Crippen LogP contribution in [0.15, 0.2) is 36.4 Å². The predicted octanol–water partition coefficient (Wildman–Crippen LogP) is 3.53. The first-order chi connectivity index (χ1) is 10.1. The van der Waals surface area contributed by atoms with Gasteiger partial charge in [0.15, 0.2) is 0 Å². The maximum absolute atomic E-state index is 11.6. The number of benzene rings is 2. The molecule has 1 amide bonds. The van der Waals surface area contributed by atoms with Crippen LogP contribution in [0.1, 0.15) is 39.4 Å². The van der Waals surface area contributed by atoms with E-state index in [1.807, 2.05) is 30.3 Å². The maximum Gasteiger partial charge on any atom is 0.248 e. The fourth-order valence-electron chi connectivity index (χ4n) is 3.11. The highest BCUT2D eigenvalue weighted by atomic mass is 35.5. The SMILES string of the molecule is COc1cc2c(cc1Cl)CC[C@H]2c1ccccc1C(N)=O. The first kappa shape index (κ1) is 14.0. The van der Waals surface area contributed by atoms with E-state index in [2.05, 4.69) is 0 Å². The van der Waals surface area contributed by atoms with Crippen LogP contribution in [-0.4, -0.2) is 13.0 Å². The highest BCUT2D eigenvalue weighted by Gasteiger charge is 2.28. The van der Waals surface area contributed by atoms with Gasteiger partial charge in [0.25, 0.3) is 0 Å². The number of aryl methyl sites for hydroxylation is 1. The van der Waals surface area contributed by atoms with Crippen LogP contribution in [0.25, 0.3) is 0 Å². The van der Waals surface area contributed by atoms with Gasteiger partial charge in [-0.2, -0.15) is 0 Å². The molecule has 108 valence electrons. The Morgan fingerprint density at radius 1 is 1.29 bits per heavy atom. The number of carbonyl (C=O) groups is 1. The average molecular weight is 302 g/mol. The van der Waals surface area contributed by atoms with Crippen molar-refractivity contribution in [1.29, 1.82) is 0 Å². The molecule has 1 atom stereocenters. The van der Waals surface area contributed by atoms with E-state index in [0.29, 0.717) is 16.3 Å². The number of methoxy groups -OCH3 is 1. The molecule has 3 nitrogen and oxygen atoms in total. The quantitative estimate of drug-likeness (QED) is 0.943. The van der Waals surface area contributed by atoms with E-state index in [1.165, 1.54) is 11.1 Å². The van der Waals surface area contributed by atoms with Crippen LogP contribution in [0.2, 0.25) is 5.02 Å². The zero-order valence-corrected chi connectivity index (χ0v) is 12.5. The molecule has 1 aliphatic carbocycles. The first-order valence-corrected chi connectivity index (χ1v) is 7.24. The lowest BCUT2D eigenvalue weighted by Gasteiger charge is -2.16. The highest BCUT2D eigenvalue weighted by molar-refractivity contribution is 6.32. The summed E-state index contributed by atoms with van der Waals surface area (Å²) in [5.41, 5.74) is 9.45. The molecule has 0 unspecified atom stereocenters. The molecule has 0 saturated carbocycles. The fraction of sp³-hybridized carbons (Fsp3) is 0.235. The summed E-state index contributed by atoms with van der Waals surface area (Å²) in [6.07, 6.45) is 1.89. The number of hydrogen-bond donors (Lipinski definition) is 1. The Morgan fingerprint density at radius 3 is 2.76 bits per heavy atom. The van der Waals surface area contributed by atoms with Gasteiger partial charge in [-0.15, -0.1) is 0 Å². The summed E-state index contributed by atoms with van der Waals surface area (Å²) < 4.78 is 5.31. The van der Waals surface area contributed by atoms with E-state index in [9.17, 15) is 4.79 Å². The molecule has 4 heteroatoms. The number of carbonyl (C=O) groups excluding carboxylic acids is 1. The first-order valence-electron chi connectivity index (χ1n) is 6.87. The van der Waals surface area contributed by atoms with Crippen molar-refractivity contribution in [3.63, 3.8) is 0 Å². The average Bonchev–Trinajstić information content (AvgIpc) is 2.88. The van der Waals surface area contributed by atoms with Gasteiger partial charge in [-0.05, 0) is 47.7 Å². The van der Waals surface area contributed by atoms with Crippen molar-refractivity contribution < 1.29 is 9.53 Å². The number of halogens is 1. The van der Waals surface area contributed by atoms with Gasteiger partial charge in [0.2, 0.25) is 5.91 Å². The van der Waals surface area contributed by atoms with Crippen LogP contribution in [0.4, 0.5) is 0 Å². The minimum Gasteiger partial charge on any atom is -0.495 e. The van der Waals surface area contributed by atoms with Crippen molar-refractivity contribution in [2.45, 2.75) is 18.8 Å². The van der Waals surface area contributed by atoms with Gasteiger partial charge in [0.05, 0.1) is 12.1 Å². The van der Waals surface area contributed by atoms with E-state index in [1.54, 1.807) is 13.2 Å². The van der Waals surface area contributed by atoms with Gasteiger partial charge in [-0.25, -0.2) is 0 Å². The molecule has 3 rings (SSSR count). The lowest BCUT2D eigenvalue weighted by molar-refractivity contribution is 0.0999. The van der Waals surface area contributed by atoms with Crippen molar-refractivity contribution in [2.24, 2.45) is 5.73 Å². The molecular weight excluding hydrogens is 286 g/mol. The Labute approximate surface area is 128 Å². The number of fused-ring (bicyclic) bond motifs is 1. The monoisotopic (exact) mass is 301 g/mol. The molecular formula is C17H16ClNO2. The number of rotatable bonds is 3. The van der Waals surface area contributed by atoms with Gasteiger partial charge in [0.1, 0.15) is 5.75 Å². The number of hydrogen-bond acceptors (Lipinski definition) is 2. The zero-order chi connectivity index (χ0) is 15.0. The Kier molecular flexibility index (Phi) is 3.60. The minimum absolute atomic E-state index is 0.162. The smallest absolute Gasteiger partial charge is 0.248 e. The standard InChI is InChI=1S/C17H16ClNO2/c1-21-16-9-14-10(8-15(16)18)6-7-12(14)11-4-2-3-5-13(11)17(19)20/h2-5,8-9,12H,6-7H2,1H3,(H2,19,20)/t12-/m0/s1. The summed E-state index contributed by atoms with van der Waals surface area (Å²) in [5.74, 6) is 0.439. The molecule has 2 N–H and O–H groups in total. The molecule has 0 aliphatic heterocycles. The third-order valence-electron chi connectivity index (χ3n) is 4.09. The molecule has 21 heavy (non-hydrogen) atoms. The van der Waals surface area contributed by atoms with Crippen molar-refractivity contribution in [2.75, 3.05) is 7.11 Å². The van der Waals surface area contributed by atoms with Crippen molar-refractivity contribution in [3.8, 4) is 5.75 Å². The molecule has 1 aliphatic rings. The summed E-state index contributed by atoms with van der Waals surface area (Å²) in [6.45, 7) is 0. The Morgan fingerprint density at radius 2 is 2.05 bits per heavy atom. The lowest BCUT2D eigenvalue weighted by Crippen LogP contribution is -2.15. The van der Waals surface area contributed by atoms with Gasteiger partial charge in [-0.1, -0.05) is 29.8 Å². The largest absolute Gasteiger partial charge is 0.495 e. The van der Waals surface area contributed by atoms with Crippen LogP contribution in [-0.2, 0) is 6.42 Å². The molecule has 0 fully saturated rings. The highest BCUT2D eigenvalue weighted by Crippen LogP contribution is 2.43. The summed E-state index contributed by atoms with van der Waals surface area (Å²) in [5, 5.41) is 0.625. The van der Waals surface area contributed by atoms with Gasteiger partial charge in [0, 0.05) is 11.5 Å². The van der Waals surface area contributed by atoms with E-state index in [0.717, 1.165) is 18.4 Å². The van der Waals surface area contributed by atoms with Crippen molar-refractivity contribution >= 4 is 17.5 Å². The van der Waals surface area contributed by atoms with E-state index in [-0.39, 0.29) is 11.8 Å². The Balaban J connectivity index is 2.11. The fourth-order valence-corrected chi connectivity index (χ4v) is 3.37. The normalized spacial score (nSPS) is 16.6. The summed E-state index contributed by atoms with van der Waals surface area (Å²) in [4.78, 5) is 11.6. The topological polar surface area (TPSA) is 52.3 Å². The number of nitrogens with two attached hydrogens (primary N) is 1.